The highest BCUT2D eigenvalue weighted by molar-refractivity contribution is 9.09. The first-order chi connectivity index (χ1) is 7.63. The molecule has 0 radical (unpaired) electrons. The van der Waals surface area contributed by atoms with E-state index < -0.39 is 0 Å². The molecule has 0 heterocycles. The summed E-state index contributed by atoms with van der Waals surface area (Å²) in [5, 5.41) is 3.58. The van der Waals surface area contributed by atoms with E-state index in [1.165, 1.54) is 6.07 Å². The van der Waals surface area contributed by atoms with E-state index in [9.17, 15) is 9.18 Å². The number of nitrogens with one attached hydrogen (secondary N) is 1. The number of amides is 1. The smallest absolute Gasteiger partial charge is 0.224 e. The van der Waals surface area contributed by atoms with Crippen molar-refractivity contribution in [1.82, 2.24) is 0 Å². The summed E-state index contributed by atoms with van der Waals surface area (Å²) in [5.74, 6) is -0.359. The van der Waals surface area contributed by atoms with Crippen LogP contribution >= 0.6 is 15.9 Å². The molecule has 0 aliphatic carbocycles. The number of hydrogen-bond acceptors (Lipinski definition) is 1. The zero-order valence-electron chi connectivity index (χ0n) is 9.22. The molecule has 16 heavy (non-hydrogen) atoms. The quantitative estimate of drug-likeness (QED) is 0.650. The molecule has 2 nitrogen and oxygen atoms in total. The van der Waals surface area contributed by atoms with E-state index in [0.29, 0.717) is 17.7 Å². The van der Waals surface area contributed by atoms with Gasteiger partial charge in [-0.15, -0.1) is 0 Å². The lowest BCUT2D eigenvalue weighted by Crippen LogP contribution is -2.11. The molecule has 1 amide bonds. The van der Waals surface area contributed by atoms with Crippen LogP contribution in [-0.4, -0.2) is 11.2 Å². The molecule has 4 heteroatoms. The van der Waals surface area contributed by atoms with Crippen LogP contribution in [-0.2, 0) is 4.79 Å². The van der Waals surface area contributed by atoms with E-state index >= 15 is 0 Å². The van der Waals surface area contributed by atoms with Crippen molar-refractivity contribution >= 4 is 27.5 Å². The minimum atomic E-state index is -0.293. The van der Waals surface area contributed by atoms with Crippen LogP contribution in [0.4, 0.5) is 10.1 Å². The van der Waals surface area contributed by atoms with Gasteiger partial charge in [-0.1, -0.05) is 22.0 Å². The fraction of sp³-hybridized carbons (Fsp3) is 0.417. The molecule has 1 N–H and O–H groups in total. The Morgan fingerprint density at radius 2 is 2.19 bits per heavy atom. The van der Waals surface area contributed by atoms with E-state index in [0.717, 1.165) is 18.2 Å². The molecule has 0 aromatic heterocycles. The second-order valence-corrected chi connectivity index (χ2v) is 4.45. The standard InChI is InChI=1S/C12H15BrFNO/c1-9-5-6-10(8-11(9)14)15-12(16)4-2-3-7-13/h5-6,8H,2-4,7H2,1H3,(H,15,16). The minimum Gasteiger partial charge on any atom is -0.326 e. The third kappa shape index (κ3) is 4.31. The van der Waals surface area contributed by atoms with Gasteiger partial charge in [-0.3, -0.25) is 4.79 Å². The largest absolute Gasteiger partial charge is 0.326 e. The lowest BCUT2D eigenvalue weighted by atomic mass is 10.2. The van der Waals surface area contributed by atoms with Gasteiger partial charge in [0.25, 0.3) is 0 Å². The highest BCUT2D eigenvalue weighted by atomic mass is 79.9. The summed E-state index contributed by atoms with van der Waals surface area (Å²) in [5.41, 5.74) is 1.10. The number of alkyl halides is 1. The first kappa shape index (κ1) is 13.2. The molecule has 0 unspecified atom stereocenters. The summed E-state index contributed by atoms with van der Waals surface area (Å²) in [6.07, 6.45) is 2.28. The summed E-state index contributed by atoms with van der Waals surface area (Å²) in [4.78, 5) is 11.4. The van der Waals surface area contributed by atoms with E-state index in [4.69, 9.17) is 0 Å². The van der Waals surface area contributed by atoms with Crippen molar-refractivity contribution in [2.45, 2.75) is 26.2 Å². The van der Waals surface area contributed by atoms with Crippen molar-refractivity contribution in [2.24, 2.45) is 0 Å². The molecular weight excluding hydrogens is 273 g/mol. The molecule has 0 bridgehead atoms. The Labute approximate surface area is 103 Å². The van der Waals surface area contributed by atoms with Crippen LogP contribution in [0.2, 0.25) is 0 Å². The summed E-state index contributed by atoms with van der Waals surface area (Å²) in [7, 11) is 0. The molecule has 1 aromatic carbocycles. The van der Waals surface area contributed by atoms with Crippen LogP contribution in [0, 0.1) is 12.7 Å². The molecular formula is C12H15BrFNO. The van der Waals surface area contributed by atoms with Gasteiger partial charge in [0.05, 0.1) is 0 Å². The lowest BCUT2D eigenvalue weighted by molar-refractivity contribution is -0.116. The van der Waals surface area contributed by atoms with Gasteiger partial charge in [0.1, 0.15) is 5.82 Å². The average Bonchev–Trinajstić information content (AvgIpc) is 2.24. The van der Waals surface area contributed by atoms with Gasteiger partial charge in [0, 0.05) is 17.4 Å². The number of hydrogen-bond donors (Lipinski definition) is 1. The van der Waals surface area contributed by atoms with Gasteiger partial charge in [-0.05, 0) is 37.5 Å². The molecule has 0 saturated heterocycles. The zero-order chi connectivity index (χ0) is 12.0. The third-order valence-corrected chi connectivity index (χ3v) is 2.80. The number of carbonyl (C=O) groups is 1. The second-order valence-electron chi connectivity index (χ2n) is 3.66. The van der Waals surface area contributed by atoms with E-state index in [1.807, 2.05) is 0 Å². The van der Waals surface area contributed by atoms with Gasteiger partial charge in [-0.2, -0.15) is 0 Å². The second kappa shape index (κ2) is 6.63. The van der Waals surface area contributed by atoms with Gasteiger partial charge in [0.2, 0.25) is 5.91 Å². The minimum absolute atomic E-state index is 0.0656. The Kier molecular flexibility index (Phi) is 5.46. The summed E-state index contributed by atoms with van der Waals surface area (Å²) >= 11 is 3.30. The maximum absolute atomic E-state index is 13.2. The molecule has 1 aromatic rings. The van der Waals surface area contributed by atoms with E-state index in [-0.39, 0.29) is 11.7 Å². The summed E-state index contributed by atoms with van der Waals surface area (Å²) in [6.45, 7) is 1.69. The Morgan fingerprint density at radius 1 is 1.44 bits per heavy atom. The number of aryl methyl sites for hydroxylation is 1. The van der Waals surface area contributed by atoms with Crippen LogP contribution in [0.3, 0.4) is 0 Å². The maximum atomic E-state index is 13.2. The van der Waals surface area contributed by atoms with Gasteiger partial charge in [-0.25, -0.2) is 4.39 Å². The number of benzene rings is 1. The van der Waals surface area contributed by atoms with Crippen molar-refractivity contribution < 1.29 is 9.18 Å². The van der Waals surface area contributed by atoms with Crippen LogP contribution < -0.4 is 5.32 Å². The zero-order valence-corrected chi connectivity index (χ0v) is 10.8. The highest BCUT2D eigenvalue weighted by Gasteiger charge is 2.04. The van der Waals surface area contributed by atoms with Crippen LogP contribution in [0.25, 0.3) is 0 Å². The normalized spacial score (nSPS) is 10.2. The number of unbranched alkanes of at least 4 members (excludes halogenated alkanes) is 1. The fourth-order valence-corrected chi connectivity index (χ4v) is 1.67. The third-order valence-electron chi connectivity index (χ3n) is 2.24. The monoisotopic (exact) mass is 287 g/mol. The first-order valence-electron chi connectivity index (χ1n) is 5.25. The van der Waals surface area contributed by atoms with Gasteiger partial charge < -0.3 is 5.32 Å². The fourth-order valence-electron chi connectivity index (χ4n) is 1.27. The molecule has 0 aliphatic heterocycles. The average molecular weight is 288 g/mol. The Morgan fingerprint density at radius 3 is 2.81 bits per heavy atom. The van der Waals surface area contributed by atoms with Crippen LogP contribution in [0.15, 0.2) is 18.2 Å². The topological polar surface area (TPSA) is 29.1 Å². The van der Waals surface area contributed by atoms with E-state index in [2.05, 4.69) is 21.2 Å². The van der Waals surface area contributed by atoms with Crippen molar-refractivity contribution in [3.05, 3.63) is 29.6 Å². The summed E-state index contributed by atoms with van der Waals surface area (Å²) < 4.78 is 13.2. The number of anilines is 1. The Balaban J connectivity index is 2.46. The van der Waals surface area contributed by atoms with Crippen molar-refractivity contribution in [3.63, 3.8) is 0 Å². The summed E-state index contributed by atoms with van der Waals surface area (Å²) in [6, 6.07) is 4.71. The molecule has 0 spiro atoms. The molecule has 0 fully saturated rings. The molecule has 1 rings (SSSR count). The van der Waals surface area contributed by atoms with Gasteiger partial charge >= 0.3 is 0 Å². The van der Waals surface area contributed by atoms with E-state index in [1.54, 1.807) is 19.1 Å². The Bertz CT molecular complexity index is 368. The first-order valence-corrected chi connectivity index (χ1v) is 6.37. The molecule has 0 saturated carbocycles. The van der Waals surface area contributed by atoms with Crippen molar-refractivity contribution in [1.29, 1.82) is 0 Å². The van der Waals surface area contributed by atoms with Crippen LogP contribution in [0.1, 0.15) is 24.8 Å². The predicted octanol–water partition coefficient (Wildman–Crippen LogP) is 3.64. The lowest BCUT2D eigenvalue weighted by Gasteiger charge is -2.05. The molecule has 88 valence electrons. The van der Waals surface area contributed by atoms with Crippen LogP contribution in [0.5, 0.6) is 0 Å². The number of carbonyl (C=O) groups excluding carboxylic acids is 1. The van der Waals surface area contributed by atoms with Gasteiger partial charge in [0.15, 0.2) is 0 Å². The Hall–Kier alpha value is -0.900. The maximum Gasteiger partial charge on any atom is 0.224 e. The number of halogens is 2. The predicted molar refractivity (Wildman–Crippen MR) is 67.4 cm³/mol. The molecule has 0 atom stereocenters. The highest BCUT2D eigenvalue weighted by Crippen LogP contribution is 2.14. The van der Waals surface area contributed by atoms with Crippen molar-refractivity contribution in [3.8, 4) is 0 Å². The number of rotatable bonds is 5. The molecule has 0 aliphatic rings. The van der Waals surface area contributed by atoms with Crippen molar-refractivity contribution in [2.75, 3.05) is 10.6 Å². The SMILES string of the molecule is Cc1ccc(NC(=O)CCCCBr)cc1F.